The average molecular weight is 259 g/mol. The normalized spacial score (nSPS) is 16.1. The van der Waals surface area contributed by atoms with Crippen LogP contribution in [0, 0.1) is 0 Å². The van der Waals surface area contributed by atoms with E-state index in [4.69, 9.17) is 0 Å². The highest BCUT2D eigenvalue weighted by molar-refractivity contribution is 5.28. The summed E-state index contributed by atoms with van der Waals surface area (Å²) < 4.78 is 4.13. The van der Waals surface area contributed by atoms with Crippen LogP contribution in [0.25, 0.3) is 0 Å². The van der Waals surface area contributed by atoms with Crippen LogP contribution in [0.3, 0.4) is 0 Å². The van der Waals surface area contributed by atoms with Crippen LogP contribution in [0.15, 0.2) is 24.7 Å². The second-order valence-electron chi connectivity index (χ2n) is 5.27. The van der Waals surface area contributed by atoms with Crippen molar-refractivity contribution in [2.45, 2.75) is 44.7 Å². The lowest BCUT2D eigenvalue weighted by atomic mass is 10.2. The van der Waals surface area contributed by atoms with Crippen LogP contribution < -0.4 is 5.32 Å². The van der Waals surface area contributed by atoms with Gasteiger partial charge < -0.3 is 9.88 Å². The van der Waals surface area contributed by atoms with Gasteiger partial charge in [0.2, 0.25) is 5.95 Å². The Morgan fingerprint density at radius 2 is 2.16 bits per heavy atom. The molecule has 1 saturated carbocycles. The molecule has 0 amide bonds. The van der Waals surface area contributed by atoms with Crippen LogP contribution in [-0.4, -0.2) is 25.4 Å². The molecule has 0 atom stereocenters. The first-order valence-electron chi connectivity index (χ1n) is 7.07. The van der Waals surface area contributed by atoms with Gasteiger partial charge >= 0.3 is 0 Å². The fourth-order valence-corrected chi connectivity index (χ4v) is 2.76. The highest BCUT2D eigenvalue weighted by Crippen LogP contribution is 2.21. The van der Waals surface area contributed by atoms with Crippen molar-refractivity contribution in [2.24, 2.45) is 7.05 Å². The Balaban J connectivity index is 1.61. The summed E-state index contributed by atoms with van der Waals surface area (Å²) in [5.41, 5.74) is 1.25. The van der Waals surface area contributed by atoms with E-state index in [-0.39, 0.29) is 0 Å². The van der Waals surface area contributed by atoms with Gasteiger partial charge in [-0.1, -0.05) is 12.8 Å². The molecule has 2 heterocycles. The number of aryl methyl sites for hydroxylation is 3. The largest absolute Gasteiger partial charge is 0.353 e. The average Bonchev–Trinajstić information content (AvgIpc) is 3.11. The van der Waals surface area contributed by atoms with Gasteiger partial charge in [0.15, 0.2) is 0 Å². The zero-order chi connectivity index (χ0) is 13.1. The Kier molecular flexibility index (Phi) is 3.53. The van der Waals surface area contributed by atoms with Crippen molar-refractivity contribution >= 4 is 5.95 Å². The summed E-state index contributed by atoms with van der Waals surface area (Å²) in [5.74, 6) is 1.01. The topological polar surface area (TPSA) is 47.7 Å². The molecule has 2 aromatic rings. The van der Waals surface area contributed by atoms with Gasteiger partial charge in [0.05, 0.1) is 0 Å². The van der Waals surface area contributed by atoms with Gasteiger partial charge in [-0.15, -0.1) is 0 Å². The zero-order valence-corrected chi connectivity index (χ0v) is 11.4. The smallest absolute Gasteiger partial charge is 0.202 e. The number of nitrogens with one attached hydrogen (secondary N) is 1. The van der Waals surface area contributed by atoms with Gasteiger partial charge in [-0.2, -0.15) is 5.10 Å². The maximum atomic E-state index is 4.43. The van der Waals surface area contributed by atoms with Crippen LogP contribution in [-0.2, 0) is 20.0 Å². The molecule has 102 valence electrons. The molecule has 19 heavy (non-hydrogen) atoms. The van der Waals surface area contributed by atoms with E-state index < -0.39 is 0 Å². The van der Waals surface area contributed by atoms with E-state index in [1.807, 2.05) is 30.3 Å². The molecule has 0 saturated heterocycles. The Morgan fingerprint density at radius 3 is 2.89 bits per heavy atom. The molecule has 0 unspecified atom stereocenters. The summed E-state index contributed by atoms with van der Waals surface area (Å²) in [5, 5.41) is 7.76. The summed E-state index contributed by atoms with van der Waals surface area (Å²) in [7, 11) is 1.99. The molecule has 5 heteroatoms. The van der Waals surface area contributed by atoms with Crippen molar-refractivity contribution in [3.63, 3.8) is 0 Å². The molecule has 0 aliphatic heterocycles. The Labute approximate surface area is 113 Å². The van der Waals surface area contributed by atoms with E-state index in [0.717, 1.165) is 18.9 Å². The molecule has 0 spiro atoms. The minimum Gasteiger partial charge on any atom is -0.353 e. The second-order valence-corrected chi connectivity index (χ2v) is 5.27. The van der Waals surface area contributed by atoms with E-state index in [9.17, 15) is 0 Å². The standard InChI is InChI=1S/C14H21N5/c1-18-13(6-8-16-18)7-10-19-11-9-15-14(19)17-12-4-2-3-5-12/h6,8-9,11-12H,2-5,7,10H2,1H3,(H,15,17). The Hall–Kier alpha value is -1.78. The van der Waals surface area contributed by atoms with E-state index >= 15 is 0 Å². The number of hydrogen-bond donors (Lipinski definition) is 1. The number of anilines is 1. The first kappa shape index (κ1) is 12.3. The molecule has 2 aromatic heterocycles. The van der Waals surface area contributed by atoms with Crippen molar-refractivity contribution in [2.75, 3.05) is 5.32 Å². The van der Waals surface area contributed by atoms with Crippen molar-refractivity contribution in [3.8, 4) is 0 Å². The summed E-state index contributed by atoms with van der Waals surface area (Å²) in [6.07, 6.45) is 12.0. The lowest BCUT2D eigenvalue weighted by molar-refractivity contribution is 0.631. The maximum absolute atomic E-state index is 4.43. The summed E-state index contributed by atoms with van der Waals surface area (Å²) in [6.45, 7) is 0.939. The van der Waals surface area contributed by atoms with Crippen LogP contribution in [0.1, 0.15) is 31.4 Å². The molecule has 1 aliphatic rings. The first-order valence-corrected chi connectivity index (χ1v) is 7.07. The molecular weight excluding hydrogens is 238 g/mol. The monoisotopic (exact) mass is 259 g/mol. The lowest BCUT2D eigenvalue weighted by Crippen LogP contribution is -2.18. The van der Waals surface area contributed by atoms with Crippen molar-refractivity contribution in [1.82, 2.24) is 19.3 Å². The van der Waals surface area contributed by atoms with Gasteiger partial charge in [0, 0.05) is 50.3 Å². The third-order valence-corrected chi connectivity index (χ3v) is 3.94. The first-order chi connectivity index (χ1) is 9.33. The number of aromatic nitrogens is 4. The fraction of sp³-hybridized carbons (Fsp3) is 0.571. The summed E-state index contributed by atoms with van der Waals surface area (Å²) >= 11 is 0. The molecule has 1 aliphatic carbocycles. The number of hydrogen-bond acceptors (Lipinski definition) is 3. The molecule has 1 N–H and O–H groups in total. The zero-order valence-electron chi connectivity index (χ0n) is 11.4. The van der Waals surface area contributed by atoms with Crippen molar-refractivity contribution in [3.05, 3.63) is 30.4 Å². The van der Waals surface area contributed by atoms with Gasteiger partial charge in [-0.3, -0.25) is 4.68 Å². The number of imidazole rings is 1. The molecule has 0 aromatic carbocycles. The van der Waals surface area contributed by atoms with E-state index in [1.165, 1.54) is 31.4 Å². The minimum absolute atomic E-state index is 0.609. The number of rotatable bonds is 5. The van der Waals surface area contributed by atoms with E-state index in [0.29, 0.717) is 6.04 Å². The van der Waals surface area contributed by atoms with Gasteiger partial charge in [0.25, 0.3) is 0 Å². The predicted octanol–water partition coefficient (Wildman–Crippen LogP) is 2.21. The molecular formula is C14H21N5. The SMILES string of the molecule is Cn1nccc1CCn1ccnc1NC1CCCC1. The van der Waals surface area contributed by atoms with Crippen LogP contribution >= 0.6 is 0 Å². The summed E-state index contributed by atoms with van der Waals surface area (Å²) in [4.78, 5) is 4.43. The lowest BCUT2D eigenvalue weighted by Gasteiger charge is -2.14. The Morgan fingerprint density at radius 1 is 1.32 bits per heavy atom. The molecule has 1 fully saturated rings. The van der Waals surface area contributed by atoms with Crippen molar-refractivity contribution in [1.29, 1.82) is 0 Å². The molecule has 3 rings (SSSR count). The fourth-order valence-electron chi connectivity index (χ4n) is 2.76. The minimum atomic E-state index is 0.609. The highest BCUT2D eigenvalue weighted by atomic mass is 15.3. The van der Waals surface area contributed by atoms with Crippen LogP contribution in [0.2, 0.25) is 0 Å². The quantitative estimate of drug-likeness (QED) is 0.895. The summed E-state index contributed by atoms with van der Waals surface area (Å²) in [6, 6.07) is 2.68. The number of nitrogens with zero attached hydrogens (tertiary/aromatic N) is 4. The van der Waals surface area contributed by atoms with Crippen LogP contribution in [0.4, 0.5) is 5.95 Å². The highest BCUT2D eigenvalue weighted by Gasteiger charge is 2.16. The van der Waals surface area contributed by atoms with Gasteiger partial charge in [0.1, 0.15) is 0 Å². The van der Waals surface area contributed by atoms with E-state index in [1.54, 1.807) is 0 Å². The predicted molar refractivity (Wildman–Crippen MR) is 75.0 cm³/mol. The maximum Gasteiger partial charge on any atom is 0.202 e. The van der Waals surface area contributed by atoms with E-state index in [2.05, 4.69) is 26.0 Å². The third kappa shape index (κ3) is 2.80. The van der Waals surface area contributed by atoms with Gasteiger partial charge in [-0.05, 0) is 18.9 Å². The molecule has 5 nitrogen and oxygen atoms in total. The molecule has 0 bridgehead atoms. The van der Waals surface area contributed by atoms with Gasteiger partial charge in [-0.25, -0.2) is 4.98 Å². The van der Waals surface area contributed by atoms with Crippen LogP contribution in [0.5, 0.6) is 0 Å². The van der Waals surface area contributed by atoms with Crippen molar-refractivity contribution < 1.29 is 0 Å². The Bertz CT molecular complexity index is 521. The molecule has 0 radical (unpaired) electrons. The third-order valence-electron chi connectivity index (χ3n) is 3.94. The second kappa shape index (κ2) is 5.47.